The maximum Gasteiger partial charge on any atom is 0.243 e. The summed E-state index contributed by atoms with van der Waals surface area (Å²) >= 11 is 1.15. The summed E-state index contributed by atoms with van der Waals surface area (Å²) in [6.07, 6.45) is 0.849. The second kappa shape index (κ2) is 18.4. The van der Waals surface area contributed by atoms with Gasteiger partial charge in [-0.3, -0.25) is 24.0 Å². The number of carbonyl (C=O) groups excluding carboxylic acids is 5. The summed E-state index contributed by atoms with van der Waals surface area (Å²) in [6.45, 7) is 8.33. The molecule has 3 amide bonds. The molecule has 0 spiro atoms. The van der Waals surface area contributed by atoms with E-state index in [1.165, 1.54) is 6.92 Å². The zero-order chi connectivity index (χ0) is 25.2. The van der Waals surface area contributed by atoms with Gasteiger partial charge in [-0.2, -0.15) is 0 Å². The molecule has 0 fully saturated rings. The van der Waals surface area contributed by atoms with Crippen molar-refractivity contribution < 1.29 is 33.4 Å². The molecular weight excluding hydrogens is 450 g/mol. The Kier molecular flexibility index (Phi) is 17.3. The number of hydrogen-bond donors (Lipinski definition) is 3. The first kappa shape index (κ1) is 31.0. The number of ether oxygens (including phenoxy) is 2. The van der Waals surface area contributed by atoms with Gasteiger partial charge in [-0.15, -0.1) is 11.8 Å². The maximum absolute atomic E-state index is 12.5. The fraction of sp³-hybridized carbons (Fsp3) is 0.773. The van der Waals surface area contributed by atoms with Gasteiger partial charge in [0, 0.05) is 31.1 Å². The van der Waals surface area contributed by atoms with E-state index in [-0.39, 0.29) is 80.2 Å². The zero-order valence-electron chi connectivity index (χ0n) is 20.1. The van der Waals surface area contributed by atoms with Crippen molar-refractivity contribution >= 4 is 41.0 Å². The van der Waals surface area contributed by atoms with Gasteiger partial charge in [0.1, 0.15) is 18.4 Å². The molecule has 4 N–H and O–H groups in total. The van der Waals surface area contributed by atoms with Crippen LogP contribution in [0.1, 0.15) is 47.0 Å². The van der Waals surface area contributed by atoms with E-state index in [0.717, 1.165) is 11.8 Å². The summed E-state index contributed by atoms with van der Waals surface area (Å²) in [5, 5.41) is 5.35. The molecule has 0 aliphatic heterocycles. The number of ketones is 2. The van der Waals surface area contributed by atoms with Crippen molar-refractivity contribution in [1.82, 2.24) is 10.6 Å². The van der Waals surface area contributed by atoms with Gasteiger partial charge in [0.25, 0.3) is 0 Å². The molecule has 0 aliphatic rings. The number of Topliss-reactive ketones (excluding diaryl/α,β-unsaturated/α-hetero) is 2. The third-order valence-electron chi connectivity index (χ3n) is 4.74. The molecule has 0 saturated heterocycles. The summed E-state index contributed by atoms with van der Waals surface area (Å²) in [7, 11) is 0. The summed E-state index contributed by atoms with van der Waals surface area (Å²) in [5.41, 5.74) is 5.14. The number of rotatable bonds is 20. The van der Waals surface area contributed by atoms with Crippen LogP contribution in [0.15, 0.2) is 0 Å². The molecular formula is C22H39N3O7S. The summed E-state index contributed by atoms with van der Waals surface area (Å²) in [4.78, 5) is 58.6. The van der Waals surface area contributed by atoms with Crippen molar-refractivity contribution in [3.05, 3.63) is 0 Å². The highest BCUT2D eigenvalue weighted by Crippen LogP contribution is 2.14. The lowest BCUT2D eigenvalue weighted by Crippen LogP contribution is -2.49. The minimum Gasteiger partial charge on any atom is -0.377 e. The van der Waals surface area contributed by atoms with Crippen LogP contribution in [0.25, 0.3) is 0 Å². The van der Waals surface area contributed by atoms with Gasteiger partial charge < -0.3 is 25.8 Å². The molecule has 0 radical (unpaired) electrons. The topological polar surface area (TPSA) is 154 Å². The van der Waals surface area contributed by atoms with Crippen LogP contribution in [0.3, 0.4) is 0 Å². The Balaban J connectivity index is 4.40. The highest BCUT2D eigenvalue weighted by molar-refractivity contribution is 8.00. The van der Waals surface area contributed by atoms with Crippen molar-refractivity contribution in [3.63, 3.8) is 0 Å². The quantitative estimate of drug-likeness (QED) is 0.208. The van der Waals surface area contributed by atoms with Crippen LogP contribution in [0, 0.1) is 11.8 Å². The fourth-order valence-electron chi connectivity index (χ4n) is 2.55. The van der Waals surface area contributed by atoms with Gasteiger partial charge in [-0.25, -0.2) is 0 Å². The van der Waals surface area contributed by atoms with E-state index in [9.17, 15) is 24.0 Å². The molecule has 0 aromatic heterocycles. The van der Waals surface area contributed by atoms with Crippen molar-refractivity contribution in [3.8, 4) is 0 Å². The Labute approximate surface area is 200 Å². The highest BCUT2D eigenvalue weighted by Gasteiger charge is 2.21. The van der Waals surface area contributed by atoms with Gasteiger partial charge in [-0.1, -0.05) is 20.8 Å². The van der Waals surface area contributed by atoms with Crippen LogP contribution in [0.4, 0.5) is 0 Å². The van der Waals surface area contributed by atoms with Crippen molar-refractivity contribution in [1.29, 1.82) is 0 Å². The highest BCUT2D eigenvalue weighted by atomic mass is 32.2. The van der Waals surface area contributed by atoms with Crippen molar-refractivity contribution in [2.45, 2.75) is 53.0 Å². The Hall–Kier alpha value is -1.98. The standard InChI is InChI=1S/C22H39N3O7S/c1-15(2)17(4)19(27)6-5-7-21(29)25-18(13-33-14-20(23)28)22(30)24-8-9-31-10-11-32-12-16(3)26/h15,17-18H,5-14H2,1-4H3,(H2,23,28)(H,24,30)(H,25,29)/t17-,18-/m0/s1. The first-order chi connectivity index (χ1) is 15.5. The van der Waals surface area contributed by atoms with Crippen LogP contribution < -0.4 is 16.4 Å². The fourth-order valence-corrected chi connectivity index (χ4v) is 3.34. The molecule has 0 aromatic rings. The minimum atomic E-state index is -0.842. The number of carbonyl (C=O) groups is 5. The van der Waals surface area contributed by atoms with Crippen LogP contribution in [0.2, 0.25) is 0 Å². The molecule has 0 heterocycles. The number of nitrogens with one attached hydrogen (secondary N) is 2. The molecule has 11 heteroatoms. The van der Waals surface area contributed by atoms with Gasteiger partial charge >= 0.3 is 0 Å². The van der Waals surface area contributed by atoms with E-state index in [1.54, 1.807) is 0 Å². The predicted molar refractivity (Wildman–Crippen MR) is 127 cm³/mol. The lowest BCUT2D eigenvalue weighted by Gasteiger charge is -2.18. The van der Waals surface area contributed by atoms with Crippen LogP contribution in [-0.2, 0) is 33.4 Å². The lowest BCUT2D eigenvalue weighted by molar-refractivity contribution is -0.129. The SMILES string of the molecule is CC(=O)COCCOCCNC(=O)[C@H](CSCC(N)=O)NC(=O)CCCC(=O)[C@@H](C)C(C)C. The summed E-state index contributed by atoms with van der Waals surface area (Å²) in [6, 6.07) is -0.842. The molecule has 0 aromatic carbocycles. The minimum absolute atomic E-state index is 0.0324. The molecule has 10 nitrogen and oxygen atoms in total. The summed E-state index contributed by atoms with van der Waals surface area (Å²) < 4.78 is 10.4. The normalized spacial score (nSPS) is 12.8. The summed E-state index contributed by atoms with van der Waals surface area (Å²) in [5.74, 6) is -0.784. The second-order valence-electron chi connectivity index (χ2n) is 8.11. The lowest BCUT2D eigenvalue weighted by atomic mass is 9.91. The number of amides is 3. The van der Waals surface area contributed by atoms with Gasteiger partial charge in [0.2, 0.25) is 17.7 Å². The smallest absolute Gasteiger partial charge is 0.243 e. The van der Waals surface area contributed by atoms with E-state index >= 15 is 0 Å². The second-order valence-corrected chi connectivity index (χ2v) is 9.14. The molecule has 190 valence electrons. The number of thioether (sulfide) groups is 1. The van der Waals surface area contributed by atoms with Gasteiger partial charge in [0.15, 0.2) is 5.78 Å². The first-order valence-corrected chi connectivity index (χ1v) is 12.3. The Morgan fingerprint density at radius 3 is 2.24 bits per heavy atom. The van der Waals surface area contributed by atoms with Crippen LogP contribution in [0.5, 0.6) is 0 Å². The van der Waals surface area contributed by atoms with Crippen molar-refractivity contribution in [2.75, 3.05) is 44.5 Å². The first-order valence-electron chi connectivity index (χ1n) is 11.1. The monoisotopic (exact) mass is 489 g/mol. The Morgan fingerprint density at radius 2 is 1.64 bits per heavy atom. The number of hydrogen-bond acceptors (Lipinski definition) is 8. The molecule has 0 rings (SSSR count). The zero-order valence-corrected chi connectivity index (χ0v) is 21.0. The molecule has 33 heavy (non-hydrogen) atoms. The Morgan fingerprint density at radius 1 is 0.970 bits per heavy atom. The van der Waals surface area contributed by atoms with Crippen LogP contribution >= 0.6 is 11.8 Å². The predicted octanol–water partition coefficient (Wildman–Crippen LogP) is 0.460. The third-order valence-corrected chi connectivity index (χ3v) is 5.80. The molecule has 0 bridgehead atoms. The number of nitrogens with two attached hydrogens (primary N) is 1. The van der Waals surface area contributed by atoms with E-state index in [0.29, 0.717) is 12.8 Å². The molecule has 0 saturated carbocycles. The van der Waals surface area contributed by atoms with E-state index < -0.39 is 17.9 Å². The van der Waals surface area contributed by atoms with Crippen LogP contribution in [-0.4, -0.2) is 79.8 Å². The molecule has 0 aliphatic carbocycles. The van der Waals surface area contributed by atoms with E-state index in [4.69, 9.17) is 15.2 Å². The van der Waals surface area contributed by atoms with Gasteiger partial charge in [0.05, 0.1) is 25.6 Å². The van der Waals surface area contributed by atoms with Crippen molar-refractivity contribution in [2.24, 2.45) is 17.6 Å². The maximum atomic E-state index is 12.5. The molecule has 2 atom stereocenters. The average Bonchev–Trinajstić information content (AvgIpc) is 2.73. The number of primary amides is 1. The third kappa shape index (κ3) is 17.2. The molecule has 0 unspecified atom stereocenters. The van der Waals surface area contributed by atoms with E-state index in [1.807, 2.05) is 20.8 Å². The van der Waals surface area contributed by atoms with E-state index in [2.05, 4.69) is 10.6 Å². The average molecular weight is 490 g/mol. The Bertz CT molecular complexity index is 643. The largest absolute Gasteiger partial charge is 0.377 e. The van der Waals surface area contributed by atoms with Gasteiger partial charge in [-0.05, 0) is 19.3 Å².